The lowest BCUT2D eigenvalue weighted by atomic mass is 10.0. The number of aliphatic carboxylic acids is 1. The standard InChI is InChI=1S/C35H67NO4/c1-4-5-6-7-9-13-19-25-33(40-35(39)28-22-29-36(2)3)26-20-16-15-18-24-32-30-31(32)23-17-12-10-8-11-14-21-27-34(37)38/h31-33H,4-30H2,1-3H3,(H,37,38). The second kappa shape index (κ2) is 25.6. The molecule has 1 fully saturated rings. The average molecular weight is 566 g/mol. The molecule has 0 saturated heterocycles. The van der Waals surface area contributed by atoms with Crippen molar-refractivity contribution in [1.82, 2.24) is 4.90 Å². The maximum Gasteiger partial charge on any atom is 0.306 e. The SMILES string of the molecule is CCCCCCCCCC(CCCCCCC1CC1CCCCCCCCCC(=O)O)OC(=O)CCCN(C)C. The molecule has 0 radical (unpaired) electrons. The Labute approximate surface area is 248 Å². The van der Waals surface area contributed by atoms with E-state index in [1.807, 2.05) is 0 Å². The maximum absolute atomic E-state index is 12.4. The van der Waals surface area contributed by atoms with Crippen LogP contribution in [0.15, 0.2) is 0 Å². The molecule has 0 amide bonds. The van der Waals surface area contributed by atoms with Gasteiger partial charge in [0.2, 0.25) is 0 Å². The molecule has 0 aromatic rings. The monoisotopic (exact) mass is 566 g/mol. The predicted molar refractivity (Wildman–Crippen MR) is 169 cm³/mol. The Hall–Kier alpha value is -1.10. The Kier molecular flexibility index (Phi) is 23.6. The number of rotatable bonds is 30. The van der Waals surface area contributed by atoms with Gasteiger partial charge in [0.1, 0.15) is 6.10 Å². The van der Waals surface area contributed by atoms with E-state index >= 15 is 0 Å². The normalized spacial score (nSPS) is 17.3. The lowest BCUT2D eigenvalue weighted by Crippen LogP contribution is -2.20. The van der Waals surface area contributed by atoms with Crippen LogP contribution in [0.25, 0.3) is 0 Å². The molecule has 3 atom stereocenters. The van der Waals surface area contributed by atoms with E-state index in [1.54, 1.807) is 0 Å². The van der Waals surface area contributed by atoms with Crippen LogP contribution in [0, 0.1) is 11.8 Å². The summed E-state index contributed by atoms with van der Waals surface area (Å²) in [5, 5.41) is 8.68. The van der Waals surface area contributed by atoms with Crippen molar-refractivity contribution >= 4 is 11.9 Å². The zero-order valence-electron chi connectivity index (χ0n) is 26.9. The number of carboxylic acid groups (broad SMARTS) is 1. The Balaban J connectivity index is 2.07. The van der Waals surface area contributed by atoms with Crippen molar-refractivity contribution in [1.29, 1.82) is 0 Å². The summed E-state index contributed by atoms with van der Waals surface area (Å²) in [6.07, 6.45) is 31.0. The van der Waals surface area contributed by atoms with Gasteiger partial charge in [0.25, 0.3) is 0 Å². The average Bonchev–Trinajstić information content (AvgIpc) is 3.66. The van der Waals surface area contributed by atoms with Crippen LogP contribution in [0.4, 0.5) is 0 Å². The summed E-state index contributed by atoms with van der Waals surface area (Å²) in [7, 11) is 4.11. The van der Waals surface area contributed by atoms with Gasteiger partial charge in [-0.2, -0.15) is 0 Å². The molecule has 3 unspecified atom stereocenters. The molecular formula is C35H67NO4. The van der Waals surface area contributed by atoms with E-state index in [0.29, 0.717) is 12.8 Å². The van der Waals surface area contributed by atoms with E-state index in [4.69, 9.17) is 9.84 Å². The third-order valence-electron chi connectivity index (χ3n) is 8.80. The van der Waals surface area contributed by atoms with Gasteiger partial charge in [0, 0.05) is 12.8 Å². The minimum absolute atomic E-state index is 0.00492. The van der Waals surface area contributed by atoms with E-state index in [2.05, 4.69) is 25.9 Å². The summed E-state index contributed by atoms with van der Waals surface area (Å²) in [6.45, 7) is 3.21. The molecule has 0 spiro atoms. The van der Waals surface area contributed by atoms with Gasteiger partial charge in [-0.3, -0.25) is 9.59 Å². The van der Waals surface area contributed by atoms with Crippen LogP contribution in [0.1, 0.15) is 174 Å². The fraction of sp³-hybridized carbons (Fsp3) is 0.943. The number of hydrogen-bond donors (Lipinski definition) is 1. The van der Waals surface area contributed by atoms with E-state index < -0.39 is 5.97 Å². The van der Waals surface area contributed by atoms with Crippen LogP contribution < -0.4 is 0 Å². The number of nitrogens with zero attached hydrogens (tertiary/aromatic N) is 1. The molecule has 1 rings (SSSR count). The molecule has 236 valence electrons. The Morgan fingerprint density at radius 2 is 1.15 bits per heavy atom. The molecule has 5 nitrogen and oxygen atoms in total. The van der Waals surface area contributed by atoms with E-state index in [0.717, 1.165) is 50.5 Å². The third-order valence-corrected chi connectivity index (χ3v) is 8.80. The first-order valence-electron chi connectivity index (χ1n) is 17.5. The minimum Gasteiger partial charge on any atom is -0.481 e. The zero-order valence-corrected chi connectivity index (χ0v) is 26.9. The smallest absolute Gasteiger partial charge is 0.306 e. The van der Waals surface area contributed by atoms with Gasteiger partial charge in [-0.1, -0.05) is 116 Å². The molecular weight excluding hydrogens is 498 g/mol. The van der Waals surface area contributed by atoms with Crippen molar-refractivity contribution < 1.29 is 19.4 Å². The number of carboxylic acids is 1. The summed E-state index contributed by atoms with van der Waals surface area (Å²) in [4.78, 5) is 25.1. The quantitative estimate of drug-likeness (QED) is 0.0693. The van der Waals surface area contributed by atoms with Crippen molar-refractivity contribution in [3.8, 4) is 0 Å². The molecule has 1 aliphatic carbocycles. The van der Waals surface area contributed by atoms with E-state index in [9.17, 15) is 9.59 Å². The number of carbonyl (C=O) groups is 2. The molecule has 1 N–H and O–H groups in total. The first-order valence-corrected chi connectivity index (χ1v) is 17.5. The Morgan fingerprint density at radius 1 is 0.675 bits per heavy atom. The summed E-state index contributed by atoms with van der Waals surface area (Å²) in [6, 6.07) is 0. The minimum atomic E-state index is -0.661. The number of ether oxygens (including phenoxy) is 1. The molecule has 0 heterocycles. The molecule has 0 aromatic carbocycles. The molecule has 1 saturated carbocycles. The van der Waals surface area contributed by atoms with Crippen LogP contribution in [0.2, 0.25) is 0 Å². The summed E-state index contributed by atoms with van der Waals surface area (Å²) in [5.41, 5.74) is 0. The van der Waals surface area contributed by atoms with Crippen molar-refractivity contribution in [2.75, 3.05) is 20.6 Å². The van der Waals surface area contributed by atoms with Crippen LogP contribution in [0.5, 0.6) is 0 Å². The second-order valence-corrected chi connectivity index (χ2v) is 13.1. The molecule has 40 heavy (non-hydrogen) atoms. The number of carbonyl (C=O) groups excluding carboxylic acids is 1. The van der Waals surface area contributed by atoms with Crippen LogP contribution >= 0.6 is 0 Å². The highest BCUT2D eigenvalue weighted by Crippen LogP contribution is 2.45. The van der Waals surface area contributed by atoms with Gasteiger partial charge < -0.3 is 14.7 Å². The van der Waals surface area contributed by atoms with Gasteiger partial charge >= 0.3 is 11.9 Å². The molecule has 0 aromatic heterocycles. The highest BCUT2D eigenvalue weighted by molar-refractivity contribution is 5.69. The van der Waals surface area contributed by atoms with Gasteiger partial charge in [-0.25, -0.2) is 0 Å². The van der Waals surface area contributed by atoms with E-state index in [-0.39, 0.29) is 12.1 Å². The van der Waals surface area contributed by atoms with Crippen LogP contribution in [-0.4, -0.2) is 48.7 Å². The largest absolute Gasteiger partial charge is 0.481 e. The van der Waals surface area contributed by atoms with Crippen molar-refractivity contribution in [2.45, 2.75) is 180 Å². The fourth-order valence-corrected chi connectivity index (χ4v) is 6.09. The van der Waals surface area contributed by atoms with Gasteiger partial charge in [0.15, 0.2) is 0 Å². The predicted octanol–water partition coefficient (Wildman–Crippen LogP) is 9.95. The first kappa shape index (κ1) is 36.9. The van der Waals surface area contributed by atoms with Crippen LogP contribution in [-0.2, 0) is 14.3 Å². The molecule has 0 bridgehead atoms. The van der Waals surface area contributed by atoms with Crippen molar-refractivity contribution in [3.05, 3.63) is 0 Å². The van der Waals surface area contributed by atoms with Crippen molar-refractivity contribution in [3.63, 3.8) is 0 Å². The summed E-state index contributed by atoms with van der Waals surface area (Å²) >= 11 is 0. The highest BCUT2D eigenvalue weighted by atomic mass is 16.5. The zero-order chi connectivity index (χ0) is 29.3. The topological polar surface area (TPSA) is 66.8 Å². The Bertz CT molecular complexity index is 608. The van der Waals surface area contributed by atoms with Gasteiger partial charge in [0.05, 0.1) is 0 Å². The summed E-state index contributed by atoms with van der Waals surface area (Å²) in [5.74, 6) is 1.33. The van der Waals surface area contributed by atoms with Gasteiger partial charge in [-0.05, 0) is 77.4 Å². The van der Waals surface area contributed by atoms with Gasteiger partial charge in [-0.15, -0.1) is 0 Å². The lowest BCUT2D eigenvalue weighted by Gasteiger charge is -2.18. The molecule has 5 heteroatoms. The summed E-state index contributed by atoms with van der Waals surface area (Å²) < 4.78 is 5.96. The maximum atomic E-state index is 12.4. The van der Waals surface area contributed by atoms with Crippen molar-refractivity contribution in [2.24, 2.45) is 11.8 Å². The molecule has 0 aliphatic heterocycles. The highest BCUT2D eigenvalue weighted by Gasteiger charge is 2.35. The first-order chi connectivity index (χ1) is 19.4. The number of unbranched alkanes of at least 4 members (excludes halogenated alkanes) is 15. The fourth-order valence-electron chi connectivity index (χ4n) is 6.09. The second-order valence-electron chi connectivity index (χ2n) is 13.1. The van der Waals surface area contributed by atoms with E-state index in [1.165, 1.54) is 122 Å². The van der Waals surface area contributed by atoms with Crippen LogP contribution in [0.3, 0.4) is 0 Å². The molecule has 1 aliphatic rings. The third kappa shape index (κ3) is 23.6. The Morgan fingerprint density at radius 3 is 1.65 bits per heavy atom. The number of hydrogen-bond acceptors (Lipinski definition) is 4. The lowest BCUT2D eigenvalue weighted by molar-refractivity contribution is -0.150. The number of esters is 1.